The summed E-state index contributed by atoms with van der Waals surface area (Å²) in [5.74, 6) is 0. The number of hydrogen-bond donors (Lipinski definition) is 0. The molecular weight excluding hydrogens is 275 g/mol. The molecule has 3 aromatic rings. The summed E-state index contributed by atoms with van der Waals surface area (Å²) >= 11 is 0. The average molecular weight is 284 g/mol. The van der Waals surface area contributed by atoms with Crippen molar-refractivity contribution >= 4 is 29.1 Å². The quantitative estimate of drug-likeness (QED) is 0.335. The molecule has 0 aliphatic carbocycles. The van der Waals surface area contributed by atoms with Gasteiger partial charge < -0.3 is 0 Å². The SMILES string of the molecule is FB(F)F.[K+].[c-]1cc2ccccc2c2ccccc12. The van der Waals surface area contributed by atoms with Crippen LogP contribution in [-0.2, 0) is 0 Å². The van der Waals surface area contributed by atoms with Gasteiger partial charge in [-0.15, -0.1) is 35.0 Å². The van der Waals surface area contributed by atoms with Gasteiger partial charge in [-0.2, -0.15) is 0 Å². The molecule has 0 fully saturated rings. The van der Waals surface area contributed by atoms with Crippen LogP contribution in [0.15, 0.2) is 54.6 Å². The van der Waals surface area contributed by atoms with Crippen LogP contribution in [-0.4, -0.2) is 7.54 Å². The molecule has 0 heterocycles. The predicted molar refractivity (Wildman–Crippen MR) is 69.4 cm³/mol. The maximum atomic E-state index is 9.67. The third kappa shape index (κ3) is 4.61. The van der Waals surface area contributed by atoms with Crippen molar-refractivity contribution in [1.29, 1.82) is 0 Å². The van der Waals surface area contributed by atoms with Crippen molar-refractivity contribution in [2.45, 2.75) is 0 Å². The zero-order chi connectivity index (χ0) is 13.0. The van der Waals surface area contributed by atoms with Crippen LogP contribution < -0.4 is 51.4 Å². The first-order valence-corrected chi connectivity index (χ1v) is 5.39. The summed E-state index contributed by atoms with van der Waals surface area (Å²) in [7, 11) is -3.67. The number of halogens is 3. The standard InChI is InChI=1S/C14H9.BF3.K/c1-3-7-13-11(5-1)9-10-12-6-2-4-8-14(12)13;2-1(3)4;/h1-9H;;/q-1;;+1. The molecule has 0 bridgehead atoms. The van der Waals surface area contributed by atoms with Crippen molar-refractivity contribution in [3.63, 3.8) is 0 Å². The van der Waals surface area contributed by atoms with E-state index in [9.17, 15) is 12.9 Å². The van der Waals surface area contributed by atoms with Crippen molar-refractivity contribution in [2.24, 2.45) is 0 Å². The molecule has 90 valence electrons. The van der Waals surface area contributed by atoms with Gasteiger partial charge in [0.15, 0.2) is 0 Å². The summed E-state index contributed by atoms with van der Waals surface area (Å²) in [6.07, 6.45) is 0. The van der Waals surface area contributed by atoms with E-state index < -0.39 is 7.54 Å². The van der Waals surface area contributed by atoms with Crippen LogP contribution in [0.2, 0.25) is 0 Å². The Labute approximate surface area is 152 Å². The van der Waals surface area contributed by atoms with Gasteiger partial charge in [-0.25, -0.2) is 0 Å². The minimum atomic E-state index is -3.67. The molecule has 0 aliphatic rings. The Kier molecular flexibility index (Phi) is 7.10. The monoisotopic (exact) mass is 284 g/mol. The van der Waals surface area contributed by atoms with Crippen molar-refractivity contribution < 1.29 is 64.3 Å². The van der Waals surface area contributed by atoms with Gasteiger partial charge in [0.25, 0.3) is 0 Å². The molecule has 0 unspecified atom stereocenters. The van der Waals surface area contributed by atoms with Gasteiger partial charge >= 0.3 is 58.9 Å². The molecule has 0 amide bonds. The molecule has 0 atom stereocenters. The largest absolute Gasteiger partial charge is 1.00 e. The number of hydrogen-bond acceptors (Lipinski definition) is 0. The average Bonchev–Trinajstić information content (AvgIpc) is 2.38. The molecule has 0 spiro atoms. The van der Waals surface area contributed by atoms with Crippen LogP contribution in [0.25, 0.3) is 21.5 Å². The second-order valence-corrected chi connectivity index (χ2v) is 3.67. The summed E-state index contributed by atoms with van der Waals surface area (Å²) in [6, 6.07) is 22.1. The molecule has 0 saturated carbocycles. The van der Waals surface area contributed by atoms with Gasteiger partial charge in [0.1, 0.15) is 0 Å². The Bertz CT molecular complexity index is 601. The van der Waals surface area contributed by atoms with E-state index in [1.165, 1.54) is 21.5 Å². The summed E-state index contributed by atoms with van der Waals surface area (Å²) in [5.41, 5.74) is 0. The van der Waals surface area contributed by atoms with Gasteiger partial charge in [0.05, 0.1) is 0 Å². The Morgan fingerprint density at radius 2 is 1.32 bits per heavy atom. The molecule has 19 heavy (non-hydrogen) atoms. The van der Waals surface area contributed by atoms with Crippen LogP contribution >= 0.6 is 0 Å². The number of fused-ring (bicyclic) bond motifs is 3. The van der Waals surface area contributed by atoms with Gasteiger partial charge in [0, 0.05) is 0 Å². The van der Waals surface area contributed by atoms with E-state index in [0.717, 1.165) is 0 Å². The fourth-order valence-corrected chi connectivity index (χ4v) is 1.87. The number of benzene rings is 3. The molecule has 0 nitrogen and oxygen atoms in total. The Balaban J connectivity index is 0.000000323. The second-order valence-electron chi connectivity index (χ2n) is 3.67. The minimum absolute atomic E-state index is 0. The third-order valence-corrected chi connectivity index (χ3v) is 2.56. The molecular formula is C14H9BF3K. The van der Waals surface area contributed by atoms with Crippen LogP contribution in [0.1, 0.15) is 0 Å². The van der Waals surface area contributed by atoms with Crippen LogP contribution in [0.4, 0.5) is 12.9 Å². The number of rotatable bonds is 0. The Morgan fingerprint density at radius 3 is 2.00 bits per heavy atom. The van der Waals surface area contributed by atoms with E-state index >= 15 is 0 Å². The van der Waals surface area contributed by atoms with E-state index in [-0.39, 0.29) is 51.4 Å². The first kappa shape index (κ1) is 16.7. The topological polar surface area (TPSA) is 0 Å². The zero-order valence-electron chi connectivity index (χ0n) is 10.4. The van der Waals surface area contributed by atoms with Crippen LogP contribution in [0, 0.1) is 6.07 Å². The third-order valence-electron chi connectivity index (χ3n) is 2.56. The molecule has 0 radical (unpaired) electrons. The molecule has 0 aromatic heterocycles. The van der Waals surface area contributed by atoms with E-state index in [4.69, 9.17) is 0 Å². The Morgan fingerprint density at radius 1 is 0.789 bits per heavy atom. The summed E-state index contributed by atoms with van der Waals surface area (Å²) in [6.45, 7) is 0. The van der Waals surface area contributed by atoms with E-state index in [1.54, 1.807) is 0 Å². The van der Waals surface area contributed by atoms with Crippen molar-refractivity contribution in [3.8, 4) is 0 Å². The van der Waals surface area contributed by atoms with Crippen molar-refractivity contribution in [3.05, 3.63) is 60.7 Å². The summed E-state index contributed by atoms with van der Waals surface area (Å²) in [4.78, 5) is 0. The van der Waals surface area contributed by atoms with Crippen molar-refractivity contribution in [2.75, 3.05) is 0 Å². The summed E-state index contributed by atoms with van der Waals surface area (Å²) < 4.78 is 29.0. The molecule has 3 rings (SSSR count). The van der Waals surface area contributed by atoms with Crippen LogP contribution in [0.3, 0.4) is 0 Å². The van der Waals surface area contributed by atoms with Gasteiger partial charge in [-0.05, 0) is 0 Å². The molecule has 0 aliphatic heterocycles. The molecule has 0 N–H and O–H groups in total. The molecule has 3 aromatic carbocycles. The van der Waals surface area contributed by atoms with Gasteiger partial charge in [-0.3, -0.25) is 12.9 Å². The summed E-state index contributed by atoms with van der Waals surface area (Å²) in [5, 5.41) is 5.03. The van der Waals surface area contributed by atoms with Gasteiger partial charge in [0.2, 0.25) is 0 Å². The second kappa shape index (κ2) is 8.07. The molecule has 5 heteroatoms. The van der Waals surface area contributed by atoms with E-state index in [2.05, 4.69) is 54.6 Å². The van der Waals surface area contributed by atoms with Crippen LogP contribution in [0.5, 0.6) is 0 Å². The molecule has 0 saturated heterocycles. The first-order chi connectivity index (χ1) is 8.68. The first-order valence-electron chi connectivity index (χ1n) is 5.39. The van der Waals surface area contributed by atoms with Gasteiger partial charge in [-0.1, -0.05) is 47.2 Å². The predicted octanol–water partition coefficient (Wildman–Crippen LogP) is 1.68. The fraction of sp³-hybridized carbons (Fsp3) is 0. The maximum Gasteiger partial charge on any atom is 1.00 e. The van der Waals surface area contributed by atoms with Crippen molar-refractivity contribution in [1.82, 2.24) is 0 Å². The maximum absolute atomic E-state index is 9.67. The van der Waals surface area contributed by atoms with E-state index in [1.807, 2.05) is 6.07 Å². The smallest absolute Gasteiger partial charge is 0.254 e. The van der Waals surface area contributed by atoms with E-state index in [0.29, 0.717) is 0 Å². The zero-order valence-corrected chi connectivity index (χ0v) is 13.5. The normalized spacial score (nSPS) is 9.42. The Hall–Kier alpha value is -0.329. The fourth-order valence-electron chi connectivity index (χ4n) is 1.87. The minimum Gasteiger partial charge on any atom is -0.254 e.